The highest BCUT2D eigenvalue weighted by Crippen LogP contribution is 2.29. The monoisotopic (exact) mass is 351 g/mol. The molecule has 0 bridgehead atoms. The minimum atomic E-state index is 0.0671. The summed E-state index contributed by atoms with van der Waals surface area (Å²) in [5.41, 5.74) is 2.39. The van der Waals surface area contributed by atoms with Gasteiger partial charge in [-0.2, -0.15) is 5.10 Å². The van der Waals surface area contributed by atoms with Crippen molar-refractivity contribution in [2.24, 2.45) is 0 Å². The number of rotatable bonds is 3. The second-order valence-electron chi connectivity index (χ2n) is 6.11. The highest BCUT2D eigenvalue weighted by molar-refractivity contribution is 6.42. The first-order valence-corrected chi connectivity index (χ1v) is 8.57. The number of carbonyl (C=O) groups excluding carboxylic acids is 1. The average molecular weight is 352 g/mol. The zero-order chi connectivity index (χ0) is 16.6. The minimum Gasteiger partial charge on any atom is -0.339 e. The van der Waals surface area contributed by atoms with E-state index in [0.29, 0.717) is 15.6 Å². The normalized spacial score (nSPS) is 14.7. The van der Waals surface area contributed by atoms with Crippen LogP contribution in [0.5, 0.6) is 0 Å². The number of nitrogens with zero attached hydrogens (tertiary/aromatic N) is 3. The Morgan fingerprint density at radius 2 is 1.87 bits per heavy atom. The Balaban J connectivity index is 2.04. The number of halogens is 2. The Hall–Kier alpha value is -1.52. The van der Waals surface area contributed by atoms with Crippen LogP contribution in [0.3, 0.4) is 0 Å². The van der Waals surface area contributed by atoms with Crippen molar-refractivity contribution in [3.05, 3.63) is 45.7 Å². The Bertz CT molecular complexity index is 733. The molecule has 1 fully saturated rings. The number of benzene rings is 1. The highest BCUT2D eigenvalue weighted by Gasteiger charge is 2.26. The lowest BCUT2D eigenvalue weighted by atomic mass is 10.0. The molecule has 0 N–H and O–H groups in total. The first-order chi connectivity index (χ1) is 11.0. The number of amides is 1. The molecule has 0 spiro atoms. The third kappa shape index (κ3) is 3.10. The van der Waals surface area contributed by atoms with Gasteiger partial charge in [0.2, 0.25) is 0 Å². The maximum atomic E-state index is 12.8. The molecule has 0 saturated carbocycles. The van der Waals surface area contributed by atoms with Gasteiger partial charge in [0.25, 0.3) is 5.91 Å². The molecule has 1 saturated heterocycles. The van der Waals surface area contributed by atoms with Crippen LogP contribution in [0, 0.1) is 0 Å². The van der Waals surface area contributed by atoms with Crippen LogP contribution < -0.4 is 0 Å². The van der Waals surface area contributed by atoms with Crippen molar-refractivity contribution in [2.75, 3.05) is 13.1 Å². The molecule has 6 heteroatoms. The van der Waals surface area contributed by atoms with Crippen molar-refractivity contribution < 1.29 is 4.79 Å². The molecular formula is C17H19Cl2N3O. The van der Waals surface area contributed by atoms with E-state index in [0.717, 1.165) is 37.3 Å². The molecule has 3 rings (SSSR count). The van der Waals surface area contributed by atoms with Crippen LogP contribution in [0.25, 0.3) is 5.69 Å². The molecule has 1 aromatic carbocycles. The molecule has 1 aliphatic rings. The molecule has 1 amide bonds. The van der Waals surface area contributed by atoms with E-state index >= 15 is 0 Å². The summed E-state index contributed by atoms with van der Waals surface area (Å²) in [6.07, 6.45) is 3.81. The SMILES string of the molecule is CC(C)c1c(C(=O)N2CCCC2)cnn1-c1ccc(Cl)c(Cl)c1. The van der Waals surface area contributed by atoms with Gasteiger partial charge in [0.05, 0.1) is 33.2 Å². The summed E-state index contributed by atoms with van der Waals surface area (Å²) < 4.78 is 1.79. The lowest BCUT2D eigenvalue weighted by Crippen LogP contribution is -2.28. The fraction of sp³-hybridized carbons (Fsp3) is 0.412. The van der Waals surface area contributed by atoms with Crippen LogP contribution in [0.2, 0.25) is 10.0 Å². The summed E-state index contributed by atoms with van der Waals surface area (Å²) in [5.74, 6) is 0.228. The van der Waals surface area contributed by atoms with Gasteiger partial charge in [0.15, 0.2) is 0 Å². The largest absolute Gasteiger partial charge is 0.339 e. The third-order valence-electron chi connectivity index (χ3n) is 4.12. The number of aromatic nitrogens is 2. The Morgan fingerprint density at radius 1 is 1.17 bits per heavy atom. The van der Waals surface area contributed by atoms with Crippen molar-refractivity contribution in [1.82, 2.24) is 14.7 Å². The van der Waals surface area contributed by atoms with E-state index in [1.54, 1.807) is 23.0 Å². The molecule has 1 aromatic heterocycles. The summed E-state index contributed by atoms with van der Waals surface area (Å²) in [6, 6.07) is 5.37. The van der Waals surface area contributed by atoms with Gasteiger partial charge in [-0.05, 0) is 37.0 Å². The van der Waals surface area contributed by atoms with E-state index in [1.165, 1.54) is 0 Å². The molecule has 0 atom stereocenters. The molecular weight excluding hydrogens is 333 g/mol. The van der Waals surface area contributed by atoms with Crippen molar-refractivity contribution >= 4 is 29.1 Å². The van der Waals surface area contributed by atoms with Gasteiger partial charge in [0, 0.05) is 13.1 Å². The summed E-state index contributed by atoms with van der Waals surface area (Å²) in [5, 5.41) is 5.41. The van der Waals surface area contributed by atoms with Crippen molar-refractivity contribution in [3.8, 4) is 5.69 Å². The number of likely N-dealkylation sites (tertiary alicyclic amines) is 1. The molecule has 2 heterocycles. The van der Waals surface area contributed by atoms with Crippen LogP contribution >= 0.6 is 23.2 Å². The molecule has 23 heavy (non-hydrogen) atoms. The summed E-state index contributed by atoms with van der Waals surface area (Å²) in [6.45, 7) is 5.78. The van der Waals surface area contributed by atoms with Crippen molar-refractivity contribution in [1.29, 1.82) is 0 Å². The smallest absolute Gasteiger partial charge is 0.257 e. The van der Waals surface area contributed by atoms with E-state index in [-0.39, 0.29) is 11.8 Å². The molecule has 0 radical (unpaired) electrons. The number of hydrogen-bond acceptors (Lipinski definition) is 2. The van der Waals surface area contributed by atoms with Gasteiger partial charge in [-0.1, -0.05) is 37.0 Å². The molecule has 0 unspecified atom stereocenters. The second-order valence-corrected chi connectivity index (χ2v) is 6.92. The Kier molecular flexibility index (Phi) is 4.64. The number of carbonyl (C=O) groups is 1. The first-order valence-electron chi connectivity index (χ1n) is 7.81. The average Bonchev–Trinajstić information content (AvgIpc) is 3.18. The quantitative estimate of drug-likeness (QED) is 0.814. The fourth-order valence-electron chi connectivity index (χ4n) is 2.99. The van der Waals surface area contributed by atoms with Crippen molar-refractivity contribution in [2.45, 2.75) is 32.6 Å². The second kappa shape index (κ2) is 6.54. The number of hydrogen-bond donors (Lipinski definition) is 0. The van der Waals surface area contributed by atoms with E-state index in [4.69, 9.17) is 23.2 Å². The Labute approximate surface area is 146 Å². The standard InChI is InChI=1S/C17H19Cl2N3O/c1-11(2)16-13(17(23)21-7-3-4-8-21)10-20-22(16)12-5-6-14(18)15(19)9-12/h5-6,9-11H,3-4,7-8H2,1-2H3. The van der Waals surface area contributed by atoms with Gasteiger partial charge >= 0.3 is 0 Å². The molecule has 2 aromatic rings. The molecule has 4 nitrogen and oxygen atoms in total. The van der Waals surface area contributed by atoms with Crippen molar-refractivity contribution in [3.63, 3.8) is 0 Å². The van der Waals surface area contributed by atoms with Gasteiger partial charge < -0.3 is 4.90 Å². The molecule has 122 valence electrons. The van der Waals surface area contributed by atoms with Gasteiger partial charge in [-0.15, -0.1) is 0 Å². The maximum Gasteiger partial charge on any atom is 0.257 e. The lowest BCUT2D eigenvalue weighted by Gasteiger charge is -2.17. The van der Waals surface area contributed by atoms with Gasteiger partial charge in [-0.25, -0.2) is 4.68 Å². The van der Waals surface area contributed by atoms with Crippen LogP contribution in [-0.4, -0.2) is 33.7 Å². The summed E-state index contributed by atoms with van der Waals surface area (Å²) >= 11 is 12.1. The molecule has 1 aliphatic heterocycles. The van der Waals surface area contributed by atoms with Crippen LogP contribution in [0.1, 0.15) is 48.7 Å². The summed E-state index contributed by atoms with van der Waals surface area (Å²) in [7, 11) is 0. The minimum absolute atomic E-state index is 0.0671. The summed E-state index contributed by atoms with van der Waals surface area (Å²) in [4.78, 5) is 14.7. The predicted molar refractivity (Wildman–Crippen MR) is 92.8 cm³/mol. The van der Waals surface area contributed by atoms with Crippen LogP contribution in [0.15, 0.2) is 24.4 Å². The van der Waals surface area contributed by atoms with Crippen LogP contribution in [0.4, 0.5) is 0 Å². The zero-order valence-electron chi connectivity index (χ0n) is 13.2. The van der Waals surface area contributed by atoms with E-state index in [2.05, 4.69) is 18.9 Å². The molecule has 0 aliphatic carbocycles. The maximum absolute atomic E-state index is 12.8. The first kappa shape index (κ1) is 16.3. The Morgan fingerprint density at radius 3 is 2.48 bits per heavy atom. The topological polar surface area (TPSA) is 38.1 Å². The van der Waals surface area contributed by atoms with E-state index < -0.39 is 0 Å². The zero-order valence-corrected chi connectivity index (χ0v) is 14.7. The predicted octanol–water partition coefficient (Wildman–Crippen LogP) is 4.54. The van der Waals surface area contributed by atoms with E-state index in [1.807, 2.05) is 11.0 Å². The van der Waals surface area contributed by atoms with Gasteiger partial charge in [-0.3, -0.25) is 4.79 Å². The fourth-order valence-corrected chi connectivity index (χ4v) is 3.28. The lowest BCUT2D eigenvalue weighted by molar-refractivity contribution is 0.0791. The highest BCUT2D eigenvalue weighted by atomic mass is 35.5. The third-order valence-corrected chi connectivity index (χ3v) is 4.86. The van der Waals surface area contributed by atoms with E-state index in [9.17, 15) is 4.79 Å². The van der Waals surface area contributed by atoms with Gasteiger partial charge in [0.1, 0.15) is 0 Å². The van der Waals surface area contributed by atoms with Crippen LogP contribution in [-0.2, 0) is 0 Å².